The van der Waals surface area contributed by atoms with Gasteiger partial charge in [0.25, 0.3) is 5.91 Å². The maximum absolute atomic E-state index is 11.7. The Hall–Kier alpha value is -2.68. The van der Waals surface area contributed by atoms with E-state index < -0.39 is 17.8 Å². The lowest BCUT2D eigenvalue weighted by Crippen LogP contribution is -2.49. The van der Waals surface area contributed by atoms with E-state index in [0.29, 0.717) is 5.75 Å². The summed E-state index contributed by atoms with van der Waals surface area (Å²) in [7, 11) is 1.24. The first-order valence-corrected chi connectivity index (χ1v) is 7.88. The lowest BCUT2D eigenvalue weighted by atomic mass is 10.1. The van der Waals surface area contributed by atoms with E-state index in [1.54, 1.807) is 6.07 Å². The van der Waals surface area contributed by atoms with Crippen molar-refractivity contribution in [2.24, 2.45) is 0 Å². The third-order valence-corrected chi connectivity index (χ3v) is 3.47. The van der Waals surface area contributed by atoms with Crippen LogP contribution >= 0.6 is 12.2 Å². The second kappa shape index (κ2) is 10.2. The number of amides is 2. The first-order chi connectivity index (χ1) is 11.8. The molecule has 1 aromatic rings. The Kier molecular flexibility index (Phi) is 8.34. The minimum atomic E-state index is -0.495. The van der Waals surface area contributed by atoms with Crippen molar-refractivity contribution >= 4 is 35.1 Å². The van der Waals surface area contributed by atoms with Gasteiger partial charge in [0.1, 0.15) is 5.75 Å². The fourth-order valence-electron chi connectivity index (χ4n) is 1.72. The molecule has 0 aliphatic heterocycles. The molecular formula is C16H21N3O5S. The lowest BCUT2D eigenvalue weighted by molar-refractivity contribution is -0.142. The number of ether oxygens (including phenoxy) is 2. The number of rotatable bonds is 6. The van der Waals surface area contributed by atoms with Crippen LogP contribution in [0, 0.1) is 13.8 Å². The zero-order valence-corrected chi connectivity index (χ0v) is 15.1. The monoisotopic (exact) mass is 367 g/mol. The Labute approximate surface area is 151 Å². The molecule has 0 saturated carbocycles. The van der Waals surface area contributed by atoms with Crippen molar-refractivity contribution in [2.75, 3.05) is 13.7 Å². The van der Waals surface area contributed by atoms with Gasteiger partial charge < -0.3 is 14.8 Å². The third-order valence-electron chi connectivity index (χ3n) is 3.27. The predicted octanol–water partition coefficient (Wildman–Crippen LogP) is 0.657. The number of hydrazine groups is 1. The van der Waals surface area contributed by atoms with Crippen molar-refractivity contribution in [1.82, 2.24) is 16.2 Å². The van der Waals surface area contributed by atoms with Gasteiger partial charge in [-0.25, -0.2) is 0 Å². The van der Waals surface area contributed by atoms with E-state index in [4.69, 9.17) is 17.0 Å². The van der Waals surface area contributed by atoms with Gasteiger partial charge in [0.15, 0.2) is 11.7 Å². The van der Waals surface area contributed by atoms with Gasteiger partial charge in [-0.3, -0.25) is 25.2 Å². The molecule has 0 atom stereocenters. The fraction of sp³-hybridized carbons (Fsp3) is 0.375. The largest absolute Gasteiger partial charge is 0.483 e. The zero-order chi connectivity index (χ0) is 18.8. The van der Waals surface area contributed by atoms with Gasteiger partial charge >= 0.3 is 5.97 Å². The molecule has 1 rings (SSSR count). The van der Waals surface area contributed by atoms with E-state index in [0.717, 1.165) is 11.1 Å². The highest BCUT2D eigenvalue weighted by molar-refractivity contribution is 7.80. The van der Waals surface area contributed by atoms with Crippen LogP contribution < -0.4 is 20.9 Å². The summed E-state index contributed by atoms with van der Waals surface area (Å²) in [5, 5.41) is 2.24. The molecule has 0 aliphatic carbocycles. The topological polar surface area (TPSA) is 106 Å². The average Bonchev–Trinajstić information content (AvgIpc) is 2.59. The van der Waals surface area contributed by atoms with E-state index in [9.17, 15) is 14.4 Å². The van der Waals surface area contributed by atoms with Crippen molar-refractivity contribution in [3.8, 4) is 5.75 Å². The van der Waals surface area contributed by atoms with Crippen LogP contribution in [0.3, 0.4) is 0 Å². The molecule has 0 radical (unpaired) electrons. The van der Waals surface area contributed by atoms with Crippen LogP contribution in [0.4, 0.5) is 0 Å². The first kappa shape index (κ1) is 20.4. The number of carbonyl (C=O) groups is 3. The van der Waals surface area contributed by atoms with Crippen LogP contribution in [0.15, 0.2) is 18.2 Å². The zero-order valence-electron chi connectivity index (χ0n) is 14.3. The number of nitrogens with one attached hydrogen (secondary N) is 3. The quantitative estimate of drug-likeness (QED) is 0.385. The van der Waals surface area contributed by atoms with Crippen molar-refractivity contribution in [2.45, 2.75) is 26.7 Å². The average molecular weight is 367 g/mol. The number of hydrogen-bond donors (Lipinski definition) is 3. The van der Waals surface area contributed by atoms with Crippen LogP contribution in [0.2, 0.25) is 0 Å². The van der Waals surface area contributed by atoms with Crippen molar-refractivity contribution in [3.63, 3.8) is 0 Å². The summed E-state index contributed by atoms with van der Waals surface area (Å²) in [5.74, 6) is -0.810. The molecule has 2 amide bonds. The molecule has 0 bridgehead atoms. The van der Waals surface area contributed by atoms with E-state index in [2.05, 4.69) is 20.9 Å². The summed E-state index contributed by atoms with van der Waals surface area (Å²) in [5.41, 5.74) is 6.70. The van der Waals surface area contributed by atoms with Gasteiger partial charge in [0, 0.05) is 6.42 Å². The number of thiocarbonyl (C=S) groups is 1. The Morgan fingerprint density at radius 2 is 1.80 bits per heavy atom. The molecule has 3 N–H and O–H groups in total. The van der Waals surface area contributed by atoms with Crippen LogP contribution in [-0.4, -0.2) is 36.6 Å². The number of esters is 1. The molecule has 0 saturated heterocycles. The molecule has 136 valence electrons. The van der Waals surface area contributed by atoms with E-state index in [-0.39, 0.29) is 24.6 Å². The van der Waals surface area contributed by atoms with Gasteiger partial charge in [0.05, 0.1) is 13.5 Å². The minimum absolute atomic E-state index is 0.0546. The number of carbonyl (C=O) groups excluding carboxylic acids is 3. The fourth-order valence-corrected chi connectivity index (χ4v) is 1.89. The molecule has 1 aromatic carbocycles. The van der Waals surface area contributed by atoms with Gasteiger partial charge in [-0.05, 0) is 43.3 Å². The summed E-state index contributed by atoms with van der Waals surface area (Å²) in [4.78, 5) is 34.2. The highest BCUT2D eigenvalue weighted by Gasteiger charge is 2.10. The number of methoxy groups -OCH3 is 1. The van der Waals surface area contributed by atoms with Crippen molar-refractivity contribution < 1.29 is 23.9 Å². The van der Waals surface area contributed by atoms with E-state index in [1.165, 1.54) is 7.11 Å². The van der Waals surface area contributed by atoms with E-state index in [1.807, 2.05) is 26.0 Å². The number of benzene rings is 1. The summed E-state index contributed by atoms with van der Waals surface area (Å²) < 4.78 is 9.86. The lowest BCUT2D eigenvalue weighted by Gasteiger charge is -2.12. The number of aryl methyl sites for hydroxylation is 1. The second-order valence-electron chi connectivity index (χ2n) is 5.11. The third kappa shape index (κ3) is 7.62. The normalized spacial score (nSPS) is 9.72. The first-order valence-electron chi connectivity index (χ1n) is 7.48. The Balaban J connectivity index is 2.29. The standard InChI is InChI=1S/C16H21N3O5S/c1-10-5-4-6-12(11(10)2)24-9-14(21)18-19-16(25)17-13(20)7-8-15(22)23-3/h4-6H,7-9H2,1-3H3,(H,18,21)(H2,17,19,20,25). The van der Waals surface area contributed by atoms with Crippen LogP contribution in [0.25, 0.3) is 0 Å². The van der Waals surface area contributed by atoms with Crippen molar-refractivity contribution in [1.29, 1.82) is 0 Å². The maximum atomic E-state index is 11.7. The second-order valence-corrected chi connectivity index (χ2v) is 5.52. The van der Waals surface area contributed by atoms with Gasteiger partial charge in [0.2, 0.25) is 5.91 Å². The van der Waals surface area contributed by atoms with Crippen LogP contribution in [0.5, 0.6) is 5.75 Å². The minimum Gasteiger partial charge on any atom is -0.483 e. The molecule has 0 spiro atoms. The predicted molar refractivity (Wildman–Crippen MR) is 94.7 cm³/mol. The molecular weight excluding hydrogens is 346 g/mol. The summed E-state index contributed by atoms with van der Waals surface area (Å²) >= 11 is 4.86. The smallest absolute Gasteiger partial charge is 0.306 e. The molecule has 0 aromatic heterocycles. The molecule has 0 fully saturated rings. The Morgan fingerprint density at radius 3 is 2.48 bits per heavy atom. The van der Waals surface area contributed by atoms with E-state index >= 15 is 0 Å². The highest BCUT2D eigenvalue weighted by atomic mass is 32.1. The molecule has 0 unspecified atom stereocenters. The van der Waals surface area contributed by atoms with Gasteiger partial charge in [-0.2, -0.15) is 0 Å². The van der Waals surface area contributed by atoms with Crippen molar-refractivity contribution in [3.05, 3.63) is 29.3 Å². The maximum Gasteiger partial charge on any atom is 0.306 e. The Morgan fingerprint density at radius 1 is 1.08 bits per heavy atom. The van der Waals surface area contributed by atoms with Crippen LogP contribution in [-0.2, 0) is 19.1 Å². The summed E-state index contributed by atoms with van der Waals surface area (Å²) in [6, 6.07) is 5.56. The van der Waals surface area contributed by atoms with Gasteiger partial charge in [-0.1, -0.05) is 12.1 Å². The summed E-state index contributed by atoms with van der Waals surface area (Å²) in [6.07, 6.45) is -0.126. The molecule has 9 heteroatoms. The van der Waals surface area contributed by atoms with Crippen LogP contribution in [0.1, 0.15) is 24.0 Å². The molecule has 0 aliphatic rings. The highest BCUT2D eigenvalue weighted by Crippen LogP contribution is 2.20. The number of hydrogen-bond acceptors (Lipinski definition) is 6. The Bertz CT molecular complexity index is 663. The molecule has 0 heterocycles. The van der Waals surface area contributed by atoms with Gasteiger partial charge in [-0.15, -0.1) is 0 Å². The molecule has 25 heavy (non-hydrogen) atoms. The summed E-state index contributed by atoms with van der Waals surface area (Å²) in [6.45, 7) is 3.64. The molecule has 8 nitrogen and oxygen atoms in total. The SMILES string of the molecule is COC(=O)CCC(=O)NC(=S)NNC(=O)COc1cccc(C)c1C.